The topological polar surface area (TPSA) is 77.6 Å². The van der Waals surface area contributed by atoms with Gasteiger partial charge in [-0.1, -0.05) is 17.3 Å². The molecule has 0 aliphatic carbocycles. The Kier molecular flexibility index (Phi) is 4.60. The standard InChI is InChI=1S/C20H19FN6O/c1-13(2)27-19-8-4-7-17(18(19)11-23-27)20(28)22-10-15-12-26(25-24-15)16-6-3-5-14(21)9-16/h3-9,11-13H,10H2,1-2H3,(H,22,28). The molecule has 8 heteroatoms. The maximum atomic E-state index is 13.4. The van der Waals surface area contributed by atoms with Gasteiger partial charge in [0.15, 0.2) is 0 Å². The Bertz CT molecular complexity index is 1150. The van der Waals surface area contributed by atoms with E-state index in [9.17, 15) is 9.18 Å². The van der Waals surface area contributed by atoms with Crippen molar-refractivity contribution in [3.8, 4) is 5.69 Å². The van der Waals surface area contributed by atoms with Gasteiger partial charge in [-0.15, -0.1) is 5.10 Å². The third-order valence-corrected chi connectivity index (χ3v) is 4.42. The summed E-state index contributed by atoms with van der Waals surface area (Å²) in [6.45, 7) is 4.30. The fourth-order valence-corrected chi connectivity index (χ4v) is 3.07. The van der Waals surface area contributed by atoms with Crippen LogP contribution in [0.4, 0.5) is 4.39 Å². The lowest BCUT2D eigenvalue weighted by Gasteiger charge is -2.08. The highest BCUT2D eigenvalue weighted by atomic mass is 19.1. The van der Waals surface area contributed by atoms with Crippen molar-refractivity contribution >= 4 is 16.8 Å². The number of fused-ring (bicyclic) bond motifs is 1. The summed E-state index contributed by atoms with van der Waals surface area (Å²) in [7, 11) is 0. The van der Waals surface area contributed by atoms with Crippen LogP contribution in [0.5, 0.6) is 0 Å². The zero-order valence-corrected chi connectivity index (χ0v) is 15.5. The number of nitrogens with zero attached hydrogens (tertiary/aromatic N) is 5. The van der Waals surface area contributed by atoms with Gasteiger partial charge in [0, 0.05) is 11.4 Å². The molecule has 4 aromatic rings. The molecule has 0 unspecified atom stereocenters. The molecule has 2 aromatic heterocycles. The van der Waals surface area contributed by atoms with E-state index in [1.54, 1.807) is 30.6 Å². The zero-order valence-electron chi connectivity index (χ0n) is 15.5. The quantitative estimate of drug-likeness (QED) is 0.578. The van der Waals surface area contributed by atoms with E-state index in [2.05, 4.69) is 20.7 Å². The fraction of sp³-hybridized carbons (Fsp3) is 0.200. The Morgan fingerprint density at radius 1 is 1.21 bits per heavy atom. The predicted octanol–water partition coefficient (Wildman–Crippen LogP) is 3.27. The highest BCUT2D eigenvalue weighted by Gasteiger charge is 2.14. The van der Waals surface area contributed by atoms with E-state index in [1.165, 1.54) is 16.8 Å². The number of rotatable bonds is 5. The monoisotopic (exact) mass is 378 g/mol. The maximum absolute atomic E-state index is 13.4. The summed E-state index contributed by atoms with van der Waals surface area (Å²) in [6.07, 6.45) is 3.37. The second kappa shape index (κ2) is 7.22. The van der Waals surface area contributed by atoms with Crippen LogP contribution in [0, 0.1) is 5.82 Å². The number of hydrogen-bond donors (Lipinski definition) is 1. The van der Waals surface area contributed by atoms with Crippen molar-refractivity contribution in [2.75, 3.05) is 0 Å². The van der Waals surface area contributed by atoms with Crippen molar-refractivity contribution in [1.82, 2.24) is 30.1 Å². The lowest BCUT2D eigenvalue weighted by Crippen LogP contribution is -2.23. The van der Waals surface area contributed by atoms with Gasteiger partial charge in [-0.2, -0.15) is 5.10 Å². The van der Waals surface area contributed by atoms with Crippen LogP contribution in [-0.2, 0) is 6.54 Å². The molecular formula is C20H19FN6O. The van der Waals surface area contributed by atoms with Crippen molar-refractivity contribution in [2.45, 2.75) is 26.4 Å². The molecule has 0 aliphatic rings. The molecule has 2 heterocycles. The third kappa shape index (κ3) is 3.36. The van der Waals surface area contributed by atoms with Crippen LogP contribution >= 0.6 is 0 Å². The summed E-state index contributed by atoms with van der Waals surface area (Å²) < 4.78 is 16.7. The van der Waals surface area contributed by atoms with Crippen molar-refractivity contribution in [3.05, 3.63) is 71.9 Å². The van der Waals surface area contributed by atoms with E-state index < -0.39 is 0 Å². The van der Waals surface area contributed by atoms with Crippen molar-refractivity contribution in [1.29, 1.82) is 0 Å². The van der Waals surface area contributed by atoms with Gasteiger partial charge in [-0.3, -0.25) is 9.48 Å². The second-order valence-electron chi connectivity index (χ2n) is 6.74. The van der Waals surface area contributed by atoms with Gasteiger partial charge in [0.2, 0.25) is 0 Å². The Balaban J connectivity index is 1.50. The molecule has 0 spiro atoms. The second-order valence-corrected chi connectivity index (χ2v) is 6.74. The molecule has 0 radical (unpaired) electrons. The van der Waals surface area contributed by atoms with E-state index in [1.807, 2.05) is 30.7 Å². The summed E-state index contributed by atoms with van der Waals surface area (Å²) in [5.41, 5.74) is 2.61. The molecule has 28 heavy (non-hydrogen) atoms. The number of halogens is 1. The van der Waals surface area contributed by atoms with Crippen LogP contribution in [-0.4, -0.2) is 30.7 Å². The molecule has 142 valence electrons. The molecule has 0 bridgehead atoms. The lowest BCUT2D eigenvalue weighted by molar-refractivity contribution is 0.0952. The van der Waals surface area contributed by atoms with E-state index >= 15 is 0 Å². The van der Waals surface area contributed by atoms with Crippen LogP contribution in [0.3, 0.4) is 0 Å². The molecule has 1 amide bonds. The predicted molar refractivity (Wildman–Crippen MR) is 103 cm³/mol. The van der Waals surface area contributed by atoms with Gasteiger partial charge in [0.1, 0.15) is 11.5 Å². The normalized spacial score (nSPS) is 11.3. The average molecular weight is 378 g/mol. The number of carbonyl (C=O) groups is 1. The third-order valence-electron chi connectivity index (χ3n) is 4.42. The highest BCUT2D eigenvalue weighted by Crippen LogP contribution is 2.21. The van der Waals surface area contributed by atoms with Crippen molar-refractivity contribution < 1.29 is 9.18 Å². The minimum Gasteiger partial charge on any atom is -0.346 e. The molecule has 7 nitrogen and oxygen atoms in total. The molecule has 2 aromatic carbocycles. The average Bonchev–Trinajstić information content (AvgIpc) is 3.33. The lowest BCUT2D eigenvalue weighted by atomic mass is 10.1. The number of carbonyl (C=O) groups excluding carboxylic acids is 1. The van der Waals surface area contributed by atoms with Crippen LogP contribution in [0.1, 0.15) is 35.9 Å². The Morgan fingerprint density at radius 2 is 2.04 bits per heavy atom. The summed E-state index contributed by atoms with van der Waals surface area (Å²) in [6, 6.07) is 11.8. The molecule has 0 aliphatic heterocycles. The van der Waals surface area contributed by atoms with Crippen molar-refractivity contribution in [3.63, 3.8) is 0 Å². The smallest absolute Gasteiger partial charge is 0.252 e. The van der Waals surface area contributed by atoms with E-state index in [4.69, 9.17) is 0 Å². The van der Waals surface area contributed by atoms with E-state index in [0.29, 0.717) is 16.9 Å². The van der Waals surface area contributed by atoms with Gasteiger partial charge in [-0.25, -0.2) is 9.07 Å². The van der Waals surface area contributed by atoms with Gasteiger partial charge >= 0.3 is 0 Å². The van der Waals surface area contributed by atoms with Gasteiger partial charge < -0.3 is 5.32 Å². The summed E-state index contributed by atoms with van der Waals surface area (Å²) in [4.78, 5) is 12.7. The summed E-state index contributed by atoms with van der Waals surface area (Å²) in [5, 5.41) is 16.1. The van der Waals surface area contributed by atoms with Crippen LogP contribution < -0.4 is 5.32 Å². The first-order valence-corrected chi connectivity index (χ1v) is 8.94. The van der Waals surface area contributed by atoms with E-state index in [0.717, 1.165) is 10.9 Å². The number of amides is 1. The number of benzene rings is 2. The van der Waals surface area contributed by atoms with Gasteiger partial charge in [-0.05, 0) is 44.2 Å². The van der Waals surface area contributed by atoms with Crippen LogP contribution in [0.15, 0.2) is 54.9 Å². The number of aromatic nitrogens is 5. The molecule has 0 saturated heterocycles. The fourth-order valence-electron chi connectivity index (χ4n) is 3.07. The minimum absolute atomic E-state index is 0.202. The van der Waals surface area contributed by atoms with Crippen molar-refractivity contribution in [2.24, 2.45) is 0 Å². The minimum atomic E-state index is -0.349. The Hall–Kier alpha value is -3.55. The molecule has 1 N–H and O–H groups in total. The Labute approximate surface area is 160 Å². The molecule has 0 saturated carbocycles. The Morgan fingerprint density at radius 3 is 2.82 bits per heavy atom. The zero-order chi connectivity index (χ0) is 19.7. The first kappa shape index (κ1) is 17.8. The molecular weight excluding hydrogens is 359 g/mol. The SMILES string of the molecule is CC(C)n1ncc2c(C(=O)NCc3cn(-c4cccc(F)c4)nn3)cccc21. The van der Waals surface area contributed by atoms with Gasteiger partial charge in [0.05, 0.1) is 35.7 Å². The molecule has 0 atom stereocenters. The highest BCUT2D eigenvalue weighted by molar-refractivity contribution is 6.06. The first-order valence-electron chi connectivity index (χ1n) is 8.94. The van der Waals surface area contributed by atoms with E-state index in [-0.39, 0.29) is 24.3 Å². The molecule has 0 fully saturated rings. The van der Waals surface area contributed by atoms with Crippen LogP contribution in [0.2, 0.25) is 0 Å². The maximum Gasteiger partial charge on any atom is 0.252 e. The van der Waals surface area contributed by atoms with Crippen LogP contribution in [0.25, 0.3) is 16.6 Å². The summed E-state index contributed by atoms with van der Waals surface area (Å²) in [5.74, 6) is -0.563. The number of hydrogen-bond acceptors (Lipinski definition) is 4. The molecule has 4 rings (SSSR count). The number of nitrogens with one attached hydrogen (secondary N) is 1. The summed E-state index contributed by atoms with van der Waals surface area (Å²) >= 11 is 0. The first-order chi connectivity index (χ1) is 13.5. The van der Waals surface area contributed by atoms with Gasteiger partial charge in [0.25, 0.3) is 5.91 Å². The largest absolute Gasteiger partial charge is 0.346 e.